The Morgan fingerprint density at radius 3 is 2.37 bits per heavy atom. The van der Waals surface area contributed by atoms with Crippen LogP contribution >= 0.6 is 0 Å². The second-order valence-electron chi connectivity index (χ2n) is 7.70. The van der Waals surface area contributed by atoms with Gasteiger partial charge < -0.3 is 0 Å². The number of carbonyl (C=O) groups excluding carboxylic acids is 1. The van der Waals surface area contributed by atoms with Gasteiger partial charge >= 0.3 is 0 Å². The lowest BCUT2D eigenvalue weighted by molar-refractivity contribution is -0.124. The van der Waals surface area contributed by atoms with Gasteiger partial charge in [0, 0.05) is 12.3 Å². The van der Waals surface area contributed by atoms with Crippen molar-refractivity contribution < 1.29 is 4.79 Å². The molecule has 0 aromatic rings. The van der Waals surface area contributed by atoms with Crippen LogP contribution in [0.15, 0.2) is 0 Å². The van der Waals surface area contributed by atoms with E-state index in [9.17, 15) is 4.79 Å². The van der Waals surface area contributed by atoms with Gasteiger partial charge in [0.2, 0.25) is 0 Å². The standard InChI is InChI=1S/C18H32O/c1-13(2)10-18(19)16(12-17-11-14(17)3)9-8-15-6-4-5-7-15/h13-17H,4-12H2,1-3H3. The molecule has 3 atom stereocenters. The summed E-state index contributed by atoms with van der Waals surface area (Å²) >= 11 is 0. The Hall–Kier alpha value is -0.330. The molecule has 0 saturated heterocycles. The molecule has 0 radical (unpaired) electrons. The normalized spacial score (nSPS) is 28.8. The van der Waals surface area contributed by atoms with E-state index in [2.05, 4.69) is 20.8 Å². The van der Waals surface area contributed by atoms with Gasteiger partial charge in [-0.15, -0.1) is 0 Å². The lowest BCUT2D eigenvalue weighted by Gasteiger charge is -2.19. The molecule has 110 valence electrons. The van der Waals surface area contributed by atoms with E-state index in [0.717, 1.165) is 24.2 Å². The van der Waals surface area contributed by atoms with Crippen molar-refractivity contribution in [3.63, 3.8) is 0 Å². The van der Waals surface area contributed by atoms with Crippen molar-refractivity contribution in [1.29, 1.82) is 0 Å². The number of rotatable bonds is 8. The van der Waals surface area contributed by atoms with Crippen LogP contribution in [0.3, 0.4) is 0 Å². The molecule has 1 nitrogen and oxygen atoms in total. The van der Waals surface area contributed by atoms with Crippen LogP contribution in [0.2, 0.25) is 0 Å². The average molecular weight is 264 g/mol. The zero-order valence-electron chi connectivity index (χ0n) is 13.2. The van der Waals surface area contributed by atoms with E-state index in [1.165, 1.54) is 51.4 Å². The lowest BCUT2D eigenvalue weighted by Crippen LogP contribution is -2.18. The number of Topliss-reactive ketones (excluding diaryl/α,β-unsaturated/α-hetero) is 1. The van der Waals surface area contributed by atoms with Crippen molar-refractivity contribution in [1.82, 2.24) is 0 Å². The molecule has 2 aliphatic rings. The summed E-state index contributed by atoms with van der Waals surface area (Å²) in [5.41, 5.74) is 0. The van der Waals surface area contributed by atoms with E-state index in [4.69, 9.17) is 0 Å². The second kappa shape index (κ2) is 6.90. The highest BCUT2D eigenvalue weighted by atomic mass is 16.1. The van der Waals surface area contributed by atoms with Gasteiger partial charge in [-0.1, -0.05) is 46.5 Å². The van der Waals surface area contributed by atoms with Crippen LogP contribution in [-0.4, -0.2) is 5.78 Å². The number of hydrogen-bond acceptors (Lipinski definition) is 1. The van der Waals surface area contributed by atoms with Gasteiger partial charge in [-0.25, -0.2) is 0 Å². The molecule has 3 unspecified atom stereocenters. The fourth-order valence-electron chi connectivity index (χ4n) is 3.81. The molecule has 2 aliphatic carbocycles. The minimum absolute atomic E-state index is 0.387. The quantitative estimate of drug-likeness (QED) is 0.586. The summed E-state index contributed by atoms with van der Waals surface area (Å²) < 4.78 is 0. The summed E-state index contributed by atoms with van der Waals surface area (Å²) in [5, 5.41) is 0. The van der Waals surface area contributed by atoms with Crippen molar-refractivity contribution in [3.05, 3.63) is 0 Å². The minimum Gasteiger partial charge on any atom is -0.299 e. The van der Waals surface area contributed by atoms with Crippen molar-refractivity contribution >= 4 is 5.78 Å². The summed E-state index contributed by atoms with van der Waals surface area (Å²) in [6, 6.07) is 0. The van der Waals surface area contributed by atoms with Crippen molar-refractivity contribution in [2.75, 3.05) is 0 Å². The van der Waals surface area contributed by atoms with Crippen LogP contribution in [0.4, 0.5) is 0 Å². The van der Waals surface area contributed by atoms with Gasteiger partial charge in [0.25, 0.3) is 0 Å². The van der Waals surface area contributed by atoms with Gasteiger partial charge in [0.05, 0.1) is 0 Å². The average Bonchev–Trinajstić information content (AvgIpc) is 2.82. The Labute approximate surface area is 119 Å². The predicted octanol–water partition coefficient (Wildman–Crippen LogP) is 5.23. The molecule has 2 saturated carbocycles. The molecule has 0 amide bonds. The van der Waals surface area contributed by atoms with E-state index in [-0.39, 0.29) is 0 Å². The molecule has 0 aromatic heterocycles. The zero-order chi connectivity index (χ0) is 13.8. The lowest BCUT2D eigenvalue weighted by atomic mass is 9.85. The molecule has 19 heavy (non-hydrogen) atoms. The highest BCUT2D eigenvalue weighted by Gasteiger charge is 2.36. The van der Waals surface area contributed by atoms with Gasteiger partial charge in [-0.2, -0.15) is 0 Å². The molecule has 0 spiro atoms. The molecule has 2 rings (SSSR count). The Bertz CT molecular complexity index is 288. The number of hydrogen-bond donors (Lipinski definition) is 0. The Morgan fingerprint density at radius 1 is 1.21 bits per heavy atom. The van der Waals surface area contributed by atoms with Crippen LogP contribution in [0.1, 0.15) is 78.6 Å². The summed E-state index contributed by atoms with van der Waals surface area (Å²) in [6.07, 6.45) is 11.6. The first-order valence-corrected chi connectivity index (χ1v) is 8.59. The van der Waals surface area contributed by atoms with Gasteiger partial charge in [-0.05, 0) is 49.4 Å². The highest BCUT2D eigenvalue weighted by Crippen LogP contribution is 2.44. The third-order valence-corrected chi connectivity index (χ3v) is 5.33. The van der Waals surface area contributed by atoms with Gasteiger partial charge in [-0.3, -0.25) is 4.79 Å². The van der Waals surface area contributed by atoms with Crippen LogP contribution in [0.5, 0.6) is 0 Å². The maximum Gasteiger partial charge on any atom is 0.136 e. The predicted molar refractivity (Wildman–Crippen MR) is 81.0 cm³/mol. The first kappa shape index (κ1) is 15.1. The van der Waals surface area contributed by atoms with Gasteiger partial charge in [0.15, 0.2) is 0 Å². The molecule has 2 fully saturated rings. The Morgan fingerprint density at radius 2 is 1.84 bits per heavy atom. The highest BCUT2D eigenvalue weighted by molar-refractivity contribution is 5.81. The molecule has 0 N–H and O–H groups in total. The van der Waals surface area contributed by atoms with E-state index in [1.54, 1.807) is 0 Å². The molecule has 0 bridgehead atoms. The smallest absolute Gasteiger partial charge is 0.136 e. The second-order valence-corrected chi connectivity index (χ2v) is 7.70. The Balaban J connectivity index is 1.79. The van der Waals surface area contributed by atoms with E-state index in [0.29, 0.717) is 17.6 Å². The fourth-order valence-corrected chi connectivity index (χ4v) is 3.81. The largest absolute Gasteiger partial charge is 0.299 e. The van der Waals surface area contributed by atoms with E-state index in [1.807, 2.05) is 0 Å². The number of carbonyl (C=O) groups is 1. The SMILES string of the molecule is CC(C)CC(=O)C(CCC1CCCC1)CC1CC1C. The summed E-state index contributed by atoms with van der Waals surface area (Å²) in [5.74, 6) is 4.17. The van der Waals surface area contributed by atoms with E-state index >= 15 is 0 Å². The molecule has 0 heterocycles. The first-order chi connectivity index (χ1) is 9.06. The molecular formula is C18H32O. The van der Waals surface area contributed by atoms with Crippen molar-refractivity contribution in [2.24, 2.45) is 29.6 Å². The topological polar surface area (TPSA) is 17.1 Å². The maximum atomic E-state index is 12.4. The third-order valence-electron chi connectivity index (χ3n) is 5.33. The van der Waals surface area contributed by atoms with Crippen LogP contribution < -0.4 is 0 Å². The van der Waals surface area contributed by atoms with E-state index < -0.39 is 0 Å². The first-order valence-electron chi connectivity index (χ1n) is 8.59. The van der Waals surface area contributed by atoms with Crippen molar-refractivity contribution in [2.45, 2.75) is 78.6 Å². The van der Waals surface area contributed by atoms with Crippen LogP contribution in [0, 0.1) is 29.6 Å². The van der Waals surface area contributed by atoms with Crippen molar-refractivity contribution in [3.8, 4) is 0 Å². The Kier molecular flexibility index (Phi) is 5.47. The maximum absolute atomic E-state index is 12.4. The monoisotopic (exact) mass is 264 g/mol. The summed E-state index contributed by atoms with van der Waals surface area (Å²) in [7, 11) is 0. The summed E-state index contributed by atoms with van der Waals surface area (Å²) in [6.45, 7) is 6.68. The third kappa shape index (κ3) is 4.93. The van der Waals surface area contributed by atoms with Crippen LogP contribution in [-0.2, 0) is 4.79 Å². The molecular weight excluding hydrogens is 232 g/mol. The zero-order valence-corrected chi connectivity index (χ0v) is 13.2. The summed E-state index contributed by atoms with van der Waals surface area (Å²) in [4.78, 5) is 12.4. The fraction of sp³-hybridized carbons (Fsp3) is 0.944. The molecule has 1 heteroatoms. The number of ketones is 1. The molecule has 0 aromatic carbocycles. The molecule has 0 aliphatic heterocycles. The van der Waals surface area contributed by atoms with Crippen LogP contribution in [0.25, 0.3) is 0 Å². The van der Waals surface area contributed by atoms with Gasteiger partial charge in [0.1, 0.15) is 5.78 Å². The minimum atomic E-state index is 0.387.